The van der Waals surface area contributed by atoms with Gasteiger partial charge in [0.05, 0.1) is 0 Å². The second kappa shape index (κ2) is 5.49. The lowest BCUT2D eigenvalue weighted by Gasteiger charge is -2.32. The van der Waals surface area contributed by atoms with Crippen LogP contribution in [0.15, 0.2) is 24.3 Å². The van der Waals surface area contributed by atoms with Gasteiger partial charge >= 0.3 is 0 Å². The van der Waals surface area contributed by atoms with Crippen molar-refractivity contribution < 1.29 is 0 Å². The highest BCUT2D eigenvalue weighted by Gasteiger charge is 2.25. The number of hydrogen-bond acceptors (Lipinski definition) is 1. The molecule has 0 aliphatic heterocycles. The molecule has 0 radical (unpaired) electrons. The SMILES string of the molecule is CCNC(c1cccc(CC)c1)C(C)(C)C. The minimum atomic E-state index is 0.252. The number of nitrogens with one attached hydrogen (secondary N) is 1. The molecule has 0 fully saturated rings. The van der Waals surface area contributed by atoms with Crippen molar-refractivity contribution in [2.75, 3.05) is 6.54 Å². The minimum absolute atomic E-state index is 0.252. The van der Waals surface area contributed by atoms with Gasteiger partial charge < -0.3 is 5.32 Å². The Morgan fingerprint density at radius 3 is 2.38 bits per heavy atom. The maximum absolute atomic E-state index is 3.59. The molecule has 16 heavy (non-hydrogen) atoms. The first-order chi connectivity index (χ1) is 7.49. The van der Waals surface area contributed by atoms with Crippen LogP contribution in [0.4, 0.5) is 0 Å². The molecule has 0 bridgehead atoms. The summed E-state index contributed by atoms with van der Waals surface area (Å²) in [6.07, 6.45) is 1.11. The lowest BCUT2D eigenvalue weighted by molar-refractivity contribution is 0.276. The summed E-state index contributed by atoms with van der Waals surface area (Å²) >= 11 is 0. The Kier molecular flexibility index (Phi) is 4.55. The third-order valence-corrected chi connectivity index (χ3v) is 2.97. The zero-order valence-electron chi connectivity index (χ0n) is 11.3. The molecule has 1 atom stereocenters. The van der Waals surface area contributed by atoms with E-state index < -0.39 is 0 Å². The molecule has 1 aromatic carbocycles. The summed E-state index contributed by atoms with van der Waals surface area (Å²) in [6.45, 7) is 12.3. The fraction of sp³-hybridized carbons (Fsp3) is 0.600. The van der Waals surface area contributed by atoms with E-state index in [4.69, 9.17) is 0 Å². The summed E-state index contributed by atoms with van der Waals surface area (Å²) in [6, 6.07) is 9.37. The standard InChI is InChI=1S/C15H25N/c1-6-12-9-8-10-13(11-12)14(16-7-2)15(3,4)5/h8-11,14,16H,6-7H2,1-5H3. The molecular formula is C15H25N. The molecule has 0 aromatic heterocycles. The van der Waals surface area contributed by atoms with Gasteiger partial charge in [-0.05, 0) is 29.5 Å². The van der Waals surface area contributed by atoms with Crippen molar-refractivity contribution in [3.05, 3.63) is 35.4 Å². The normalized spacial score (nSPS) is 13.8. The van der Waals surface area contributed by atoms with Gasteiger partial charge in [0.25, 0.3) is 0 Å². The molecule has 90 valence electrons. The highest BCUT2D eigenvalue weighted by atomic mass is 14.9. The van der Waals surface area contributed by atoms with Crippen LogP contribution in [0.25, 0.3) is 0 Å². The smallest absolute Gasteiger partial charge is 0.0369 e. The number of hydrogen-bond donors (Lipinski definition) is 1. The summed E-state index contributed by atoms with van der Waals surface area (Å²) in [5, 5.41) is 3.59. The van der Waals surface area contributed by atoms with Crippen LogP contribution in [-0.2, 0) is 6.42 Å². The van der Waals surface area contributed by atoms with Crippen LogP contribution in [0.1, 0.15) is 51.8 Å². The molecule has 0 aliphatic carbocycles. The molecule has 1 rings (SSSR count). The largest absolute Gasteiger partial charge is 0.310 e. The van der Waals surface area contributed by atoms with Crippen molar-refractivity contribution in [2.24, 2.45) is 5.41 Å². The first kappa shape index (κ1) is 13.2. The van der Waals surface area contributed by atoms with Crippen molar-refractivity contribution in [1.82, 2.24) is 5.32 Å². The fourth-order valence-electron chi connectivity index (χ4n) is 2.12. The second-order valence-corrected chi connectivity index (χ2v) is 5.46. The van der Waals surface area contributed by atoms with Crippen LogP contribution >= 0.6 is 0 Å². The van der Waals surface area contributed by atoms with Crippen LogP contribution in [0, 0.1) is 5.41 Å². The number of benzene rings is 1. The van der Waals surface area contributed by atoms with Gasteiger partial charge in [0, 0.05) is 6.04 Å². The van der Waals surface area contributed by atoms with Crippen LogP contribution in [-0.4, -0.2) is 6.54 Å². The molecule has 0 aliphatic rings. The van der Waals surface area contributed by atoms with Gasteiger partial charge in [-0.25, -0.2) is 0 Å². The van der Waals surface area contributed by atoms with E-state index in [-0.39, 0.29) is 5.41 Å². The quantitative estimate of drug-likeness (QED) is 0.808. The molecule has 0 saturated heterocycles. The van der Waals surface area contributed by atoms with E-state index in [9.17, 15) is 0 Å². The van der Waals surface area contributed by atoms with Crippen molar-refractivity contribution in [2.45, 2.75) is 47.1 Å². The number of rotatable bonds is 4. The van der Waals surface area contributed by atoms with Gasteiger partial charge in [0.2, 0.25) is 0 Å². The fourth-order valence-corrected chi connectivity index (χ4v) is 2.12. The van der Waals surface area contributed by atoms with E-state index in [0.717, 1.165) is 13.0 Å². The van der Waals surface area contributed by atoms with Gasteiger partial charge in [-0.1, -0.05) is 58.9 Å². The third-order valence-electron chi connectivity index (χ3n) is 2.97. The highest BCUT2D eigenvalue weighted by Crippen LogP contribution is 2.32. The van der Waals surface area contributed by atoms with Gasteiger partial charge in [-0.3, -0.25) is 0 Å². The Balaban J connectivity index is 3.01. The third kappa shape index (κ3) is 3.34. The maximum Gasteiger partial charge on any atom is 0.0369 e. The predicted octanol–water partition coefficient (Wildman–Crippen LogP) is 3.95. The maximum atomic E-state index is 3.59. The first-order valence-corrected chi connectivity index (χ1v) is 6.31. The van der Waals surface area contributed by atoms with Gasteiger partial charge in [0.1, 0.15) is 0 Å². The molecular weight excluding hydrogens is 194 g/mol. The Morgan fingerprint density at radius 1 is 1.19 bits per heavy atom. The summed E-state index contributed by atoms with van der Waals surface area (Å²) < 4.78 is 0. The molecule has 1 unspecified atom stereocenters. The van der Waals surface area contributed by atoms with Crippen molar-refractivity contribution in [3.8, 4) is 0 Å². The Labute approximate surface area is 100 Å². The van der Waals surface area contributed by atoms with E-state index in [0.29, 0.717) is 6.04 Å². The van der Waals surface area contributed by atoms with Crippen molar-refractivity contribution in [3.63, 3.8) is 0 Å². The van der Waals surface area contributed by atoms with Crippen LogP contribution < -0.4 is 5.32 Å². The van der Waals surface area contributed by atoms with E-state index in [2.05, 4.69) is 64.2 Å². The number of aryl methyl sites for hydroxylation is 1. The topological polar surface area (TPSA) is 12.0 Å². The molecule has 0 saturated carbocycles. The minimum Gasteiger partial charge on any atom is -0.310 e. The molecule has 1 aromatic rings. The van der Waals surface area contributed by atoms with E-state index >= 15 is 0 Å². The van der Waals surface area contributed by atoms with Gasteiger partial charge in [-0.2, -0.15) is 0 Å². The van der Waals surface area contributed by atoms with Gasteiger partial charge in [0.15, 0.2) is 0 Å². The zero-order valence-corrected chi connectivity index (χ0v) is 11.3. The highest BCUT2D eigenvalue weighted by molar-refractivity contribution is 5.27. The second-order valence-electron chi connectivity index (χ2n) is 5.46. The van der Waals surface area contributed by atoms with Crippen LogP contribution in [0.3, 0.4) is 0 Å². The summed E-state index contributed by atoms with van der Waals surface area (Å²) in [4.78, 5) is 0. The molecule has 0 heterocycles. The summed E-state index contributed by atoms with van der Waals surface area (Å²) in [5.41, 5.74) is 3.08. The molecule has 0 amide bonds. The first-order valence-electron chi connectivity index (χ1n) is 6.31. The molecule has 0 spiro atoms. The lowest BCUT2D eigenvalue weighted by Crippen LogP contribution is -2.32. The van der Waals surface area contributed by atoms with Crippen LogP contribution in [0.2, 0.25) is 0 Å². The van der Waals surface area contributed by atoms with Crippen LogP contribution in [0.5, 0.6) is 0 Å². The van der Waals surface area contributed by atoms with E-state index in [1.54, 1.807) is 0 Å². The Hall–Kier alpha value is -0.820. The lowest BCUT2D eigenvalue weighted by atomic mass is 9.82. The van der Waals surface area contributed by atoms with Gasteiger partial charge in [-0.15, -0.1) is 0 Å². The Morgan fingerprint density at radius 2 is 1.88 bits per heavy atom. The van der Waals surface area contributed by atoms with E-state index in [1.807, 2.05) is 0 Å². The van der Waals surface area contributed by atoms with Crippen molar-refractivity contribution >= 4 is 0 Å². The van der Waals surface area contributed by atoms with Crippen molar-refractivity contribution in [1.29, 1.82) is 0 Å². The van der Waals surface area contributed by atoms with E-state index in [1.165, 1.54) is 11.1 Å². The summed E-state index contributed by atoms with van der Waals surface area (Å²) in [7, 11) is 0. The average Bonchev–Trinajstić information content (AvgIpc) is 2.24. The molecule has 1 N–H and O–H groups in total. The monoisotopic (exact) mass is 219 g/mol. The molecule has 1 nitrogen and oxygen atoms in total. The zero-order chi connectivity index (χ0) is 12.2. The average molecular weight is 219 g/mol. The predicted molar refractivity (Wildman–Crippen MR) is 71.7 cm³/mol. The summed E-state index contributed by atoms with van der Waals surface area (Å²) in [5.74, 6) is 0. The Bertz CT molecular complexity index is 322. The molecule has 1 heteroatoms.